The van der Waals surface area contributed by atoms with Crippen molar-refractivity contribution < 1.29 is 9.59 Å². The fourth-order valence-electron chi connectivity index (χ4n) is 1.94. The molecule has 2 aliphatic rings. The molecule has 0 saturated carbocycles. The molecule has 0 atom stereocenters. The molecule has 6 heteroatoms. The number of hydrogen-bond donors (Lipinski definition) is 2. The van der Waals surface area contributed by atoms with Gasteiger partial charge in [-0.2, -0.15) is 0 Å². The van der Waals surface area contributed by atoms with E-state index in [0.29, 0.717) is 24.5 Å². The molecule has 2 saturated heterocycles. The first-order valence-corrected chi connectivity index (χ1v) is 6.84. The second-order valence-corrected chi connectivity index (χ2v) is 5.19. The van der Waals surface area contributed by atoms with Crippen molar-refractivity contribution in [3.63, 3.8) is 0 Å². The zero-order valence-corrected chi connectivity index (χ0v) is 11.3. The summed E-state index contributed by atoms with van der Waals surface area (Å²) in [4.78, 5) is 27.7. The van der Waals surface area contributed by atoms with Crippen molar-refractivity contribution in [1.29, 1.82) is 0 Å². The maximum atomic E-state index is 11.8. The standard InChI is InChI=1S/C14H18N4O2/c19-13(9-17-5-6-17)15-11-3-1-2-4-12(11)16-14(20)10-18-7-8-18/h1-4H,5-10H2,(H,15,19)(H,16,20). The number of rotatable bonds is 6. The van der Waals surface area contributed by atoms with Crippen LogP contribution in [0.4, 0.5) is 11.4 Å². The van der Waals surface area contributed by atoms with Crippen LogP contribution in [0.3, 0.4) is 0 Å². The first-order valence-electron chi connectivity index (χ1n) is 6.84. The van der Waals surface area contributed by atoms with Crippen molar-refractivity contribution in [1.82, 2.24) is 9.80 Å². The van der Waals surface area contributed by atoms with E-state index in [1.165, 1.54) is 0 Å². The molecule has 0 spiro atoms. The second kappa shape index (κ2) is 5.60. The van der Waals surface area contributed by atoms with Gasteiger partial charge in [-0.15, -0.1) is 0 Å². The Balaban J connectivity index is 1.60. The lowest BCUT2D eigenvalue weighted by molar-refractivity contribution is -0.117. The lowest BCUT2D eigenvalue weighted by Gasteiger charge is -2.12. The number of amides is 2. The quantitative estimate of drug-likeness (QED) is 0.727. The minimum Gasteiger partial charge on any atom is -0.323 e. The Morgan fingerprint density at radius 1 is 0.850 bits per heavy atom. The molecule has 0 radical (unpaired) electrons. The highest BCUT2D eigenvalue weighted by Gasteiger charge is 2.22. The molecule has 1 aromatic carbocycles. The fraction of sp³-hybridized carbons (Fsp3) is 0.429. The third-order valence-electron chi connectivity index (χ3n) is 3.29. The van der Waals surface area contributed by atoms with E-state index in [1.54, 1.807) is 12.1 Å². The Hall–Kier alpha value is -1.92. The van der Waals surface area contributed by atoms with Gasteiger partial charge >= 0.3 is 0 Å². The van der Waals surface area contributed by atoms with Gasteiger partial charge in [-0.25, -0.2) is 0 Å². The fourth-order valence-corrected chi connectivity index (χ4v) is 1.94. The lowest BCUT2D eigenvalue weighted by atomic mass is 10.2. The number of carbonyl (C=O) groups excluding carboxylic acids is 2. The van der Waals surface area contributed by atoms with Gasteiger partial charge in [0.05, 0.1) is 24.5 Å². The molecule has 20 heavy (non-hydrogen) atoms. The minimum absolute atomic E-state index is 0.0462. The molecule has 0 bridgehead atoms. The summed E-state index contributed by atoms with van der Waals surface area (Å²) < 4.78 is 0. The van der Waals surface area contributed by atoms with Gasteiger partial charge in [-0.1, -0.05) is 12.1 Å². The van der Waals surface area contributed by atoms with Crippen LogP contribution < -0.4 is 10.6 Å². The number of carbonyl (C=O) groups is 2. The van der Waals surface area contributed by atoms with Crippen LogP contribution >= 0.6 is 0 Å². The Labute approximate surface area is 117 Å². The number of benzene rings is 1. The molecule has 0 aliphatic carbocycles. The Kier molecular flexibility index (Phi) is 3.66. The Morgan fingerprint density at radius 3 is 1.60 bits per heavy atom. The van der Waals surface area contributed by atoms with E-state index in [1.807, 2.05) is 21.9 Å². The molecule has 6 nitrogen and oxygen atoms in total. The van der Waals surface area contributed by atoms with E-state index >= 15 is 0 Å². The summed E-state index contributed by atoms with van der Waals surface area (Å²) in [7, 11) is 0. The minimum atomic E-state index is -0.0462. The van der Waals surface area contributed by atoms with Gasteiger partial charge < -0.3 is 10.6 Å². The van der Waals surface area contributed by atoms with Gasteiger partial charge in [0, 0.05) is 26.2 Å². The predicted molar refractivity (Wildman–Crippen MR) is 76.6 cm³/mol. The van der Waals surface area contributed by atoms with E-state index in [2.05, 4.69) is 10.6 Å². The molecule has 2 heterocycles. The van der Waals surface area contributed by atoms with Crippen LogP contribution in [-0.2, 0) is 9.59 Å². The molecule has 2 N–H and O–H groups in total. The number of nitrogens with one attached hydrogen (secondary N) is 2. The van der Waals surface area contributed by atoms with E-state index in [-0.39, 0.29) is 11.8 Å². The van der Waals surface area contributed by atoms with Gasteiger partial charge in [0.1, 0.15) is 0 Å². The highest BCUT2D eigenvalue weighted by atomic mass is 16.2. The smallest absolute Gasteiger partial charge is 0.238 e. The number of hydrogen-bond acceptors (Lipinski definition) is 4. The topological polar surface area (TPSA) is 64.2 Å². The molecule has 2 fully saturated rings. The van der Waals surface area contributed by atoms with Crippen molar-refractivity contribution in [3.8, 4) is 0 Å². The van der Waals surface area contributed by atoms with Gasteiger partial charge in [0.2, 0.25) is 11.8 Å². The van der Waals surface area contributed by atoms with Crippen molar-refractivity contribution in [2.24, 2.45) is 0 Å². The summed E-state index contributed by atoms with van der Waals surface area (Å²) in [6, 6.07) is 7.28. The first kappa shape index (κ1) is 13.1. The average Bonchev–Trinajstić information content (AvgIpc) is 3.28. The Bertz CT molecular complexity index is 477. The third kappa shape index (κ3) is 3.79. The molecular weight excluding hydrogens is 256 g/mol. The molecule has 0 aromatic heterocycles. The van der Waals surface area contributed by atoms with Crippen molar-refractivity contribution in [3.05, 3.63) is 24.3 Å². The normalized spacial score (nSPS) is 17.6. The van der Waals surface area contributed by atoms with E-state index in [4.69, 9.17) is 0 Å². The first-order chi connectivity index (χ1) is 9.70. The number of anilines is 2. The number of para-hydroxylation sites is 2. The summed E-state index contributed by atoms with van der Waals surface area (Å²) in [6.45, 7) is 4.78. The van der Waals surface area contributed by atoms with Crippen LogP contribution in [0, 0.1) is 0 Å². The maximum Gasteiger partial charge on any atom is 0.238 e. The van der Waals surface area contributed by atoms with Gasteiger partial charge in [0.15, 0.2) is 0 Å². The van der Waals surface area contributed by atoms with Crippen molar-refractivity contribution in [2.75, 3.05) is 49.9 Å². The molecule has 2 aliphatic heterocycles. The highest BCUT2D eigenvalue weighted by Crippen LogP contribution is 2.21. The Morgan fingerprint density at radius 2 is 1.25 bits per heavy atom. The van der Waals surface area contributed by atoms with Gasteiger partial charge in [0.25, 0.3) is 0 Å². The summed E-state index contributed by atoms with van der Waals surface area (Å²) in [6.07, 6.45) is 0. The predicted octanol–water partition coefficient (Wildman–Crippen LogP) is 0.195. The maximum absolute atomic E-state index is 11.8. The van der Waals surface area contributed by atoms with E-state index in [9.17, 15) is 9.59 Å². The van der Waals surface area contributed by atoms with Crippen LogP contribution in [0.25, 0.3) is 0 Å². The van der Waals surface area contributed by atoms with Crippen LogP contribution in [0.5, 0.6) is 0 Å². The zero-order chi connectivity index (χ0) is 13.9. The molecule has 3 rings (SSSR count). The summed E-state index contributed by atoms with van der Waals surface area (Å²) in [5.41, 5.74) is 1.30. The average molecular weight is 274 g/mol. The number of nitrogens with zero attached hydrogens (tertiary/aromatic N) is 2. The largest absolute Gasteiger partial charge is 0.323 e. The summed E-state index contributed by atoms with van der Waals surface area (Å²) in [5, 5.41) is 5.69. The van der Waals surface area contributed by atoms with Crippen molar-refractivity contribution >= 4 is 23.2 Å². The van der Waals surface area contributed by atoms with E-state index < -0.39 is 0 Å². The van der Waals surface area contributed by atoms with Crippen LogP contribution in [0.1, 0.15) is 0 Å². The SMILES string of the molecule is O=C(CN1CC1)Nc1ccccc1NC(=O)CN1CC1. The highest BCUT2D eigenvalue weighted by molar-refractivity contribution is 6.00. The monoisotopic (exact) mass is 274 g/mol. The summed E-state index contributed by atoms with van der Waals surface area (Å²) in [5.74, 6) is -0.0923. The van der Waals surface area contributed by atoms with Gasteiger partial charge in [-0.05, 0) is 12.1 Å². The lowest BCUT2D eigenvalue weighted by Crippen LogP contribution is -2.24. The zero-order valence-electron chi connectivity index (χ0n) is 11.3. The molecule has 2 amide bonds. The molecular formula is C14H18N4O2. The van der Waals surface area contributed by atoms with Crippen molar-refractivity contribution in [2.45, 2.75) is 0 Å². The second-order valence-electron chi connectivity index (χ2n) is 5.19. The third-order valence-corrected chi connectivity index (χ3v) is 3.29. The van der Waals surface area contributed by atoms with Gasteiger partial charge in [-0.3, -0.25) is 19.4 Å². The van der Waals surface area contributed by atoms with E-state index in [0.717, 1.165) is 26.2 Å². The van der Waals surface area contributed by atoms with Crippen LogP contribution in [-0.4, -0.2) is 60.9 Å². The van der Waals surface area contributed by atoms with Crippen LogP contribution in [0.15, 0.2) is 24.3 Å². The molecule has 1 aromatic rings. The summed E-state index contributed by atoms with van der Waals surface area (Å²) >= 11 is 0. The molecule has 106 valence electrons. The van der Waals surface area contributed by atoms with Crippen LogP contribution in [0.2, 0.25) is 0 Å². The molecule has 0 unspecified atom stereocenters.